The molecule has 1 unspecified atom stereocenters. The van der Waals surface area contributed by atoms with Crippen molar-refractivity contribution in [3.8, 4) is 0 Å². The molecule has 0 heterocycles. The van der Waals surface area contributed by atoms with Gasteiger partial charge in [-0.15, -0.1) is 0 Å². The van der Waals surface area contributed by atoms with Gasteiger partial charge in [0, 0.05) is 18.7 Å². The molecule has 114 valence electrons. The van der Waals surface area contributed by atoms with E-state index in [1.807, 2.05) is 11.6 Å². The number of benzene rings is 1. The van der Waals surface area contributed by atoms with Gasteiger partial charge in [-0.3, -0.25) is 4.72 Å². The van der Waals surface area contributed by atoms with E-state index >= 15 is 0 Å². The Morgan fingerprint density at radius 1 is 1.25 bits per heavy atom. The van der Waals surface area contributed by atoms with E-state index in [0.29, 0.717) is 18.7 Å². The summed E-state index contributed by atoms with van der Waals surface area (Å²) in [4.78, 5) is 0. The summed E-state index contributed by atoms with van der Waals surface area (Å²) in [5, 5.41) is 2.03. The van der Waals surface area contributed by atoms with Crippen LogP contribution in [0.2, 0.25) is 0 Å². The largest absolute Gasteiger partial charge is 0.315 e. The maximum atomic E-state index is 13.4. The maximum Gasteiger partial charge on any atom is 0.236 e. The third-order valence-electron chi connectivity index (χ3n) is 2.63. The molecule has 0 bridgehead atoms. The van der Waals surface area contributed by atoms with E-state index in [1.54, 1.807) is 0 Å². The van der Waals surface area contributed by atoms with Gasteiger partial charge in [-0.05, 0) is 19.9 Å². The van der Waals surface area contributed by atoms with Crippen molar-refractivity contribution in [1.82, 2.24) is 5.32 Å². The van der Waals surface area contributed by atoms with Gasteiger partial charge in [-0.2, -0.15) is 0 Å². The van der Waals surface area contributed by atoms with Crippen LogP contribution in [0.15, 0.2) is 12.1 Å². The Bertz CT molecular complexity index is 564. The van der Waals surface area contributed by atoms with Gasteiger partial charge >= 0.3 is 0 Å². The molecule has 0 radical (unpaired) electrons. The highest BCUT2D eigenvalue weighted by Crippen LogP contribution is 2.21. The Kier molecular flexibility index (Phi) is 5.82. The summed E-state index contributed by atoms with van der Waals surface area (Å²) in [6.45, 7) is 4.14. The van der Waals surface area contributed by atoms with Crippen molar-refractivity contribution < 1.29 is 21.6 Å². The first-order valence-corrected chi connectivity index (χ1v) is 7.69. The molecule has 0 fully saturated rings. The highest BCUT2D eigenvalue weighted by molar-refractivity contribution is 7.93. The van der Waals surface area contributed by atoms with Crippen molar-refractivity contribution >= 4 is 15.7 Å². The zero-order chi connectivity index (χ0) is 15.3. The minimum atomic E-state index is -3.94. The van der Waals surface area contributed by atoms with Crippen LogP contribution in [0.3, 0.4) is 0 Å². The number of rotatable bonds is 7. The first-order chi connectivity index (χ1) is 9.27. The van der Waals surface area contributed by atoms with E-state index in [9.17, 15) is 21.6 Å². The summed E-state index contributed by atoms with van der Waals surface area (Å²) in [5.74, 6) is -3.93. The molecule has 0 spiro atoms. The molecule has 20 heavy (non-hydrogen) atoms. The molecule has 0 saturated heterocycles. The Hall–Kier alpha value is -1.28. The van der Waals surface area contributed by atoms with Crippen LogP contribution in [0.25, 0.3) is 0 Å². The maximum absolute atomic E-state index is 13.4. The second-order valence-corrected chi connectivity index (χ2v) is 6.51. The molecule has 1 atom stereocenters. The van der Waals surface area contributed by atoms with Crippen molar-refractivity contribution in [2.24, 2.45) is 0 Å². The topological polar surface area (TPSA) is 58.2 Å². The molecule has 4 nitrogen and oxygen atoms in total. The molecule has 0 aromatic heterocycles. The average Bonchev–Trinajstić information content (AvgIpc) is 2.35. The molecule has 0 aliphatic rings. The van der Waals surface area contributed by atoms with Crippen molar-refractivity contribution in [3.63, 3.8) is 0 Å². The SMILES string of the molecule is CCCNCC(C)S(=O)(=O)Nc1cc(F)cc(F)c1F. The molecule has 1 aromatic carbocycles. The molecular formula is C12H17F3N2O2S. The normalized spacial score (nSPS) is 13.2. The van der Waals surface area contributed by atoms with Crippen molar-refractivity contribution in [3.05, 3.63) is 29.6 Å². The molecule has 2 N–H and O–H groups in total. The number of hydrogen-bond donors (Lipinski definition) is 2. The van der Waals surface area contributed by atoms with Crippen LogP contribution in [0, 0.1) is 17.5 Å². The molecule has 1 rings (SSSR count). The Labute approximate surface area is 116 Å². The van der Waals surface area contributed by atoms with Crippen molar-refractivity contribution in [1.29, 1.82) is 0 Å². The van der Waals surface area contributed by atoms with Crippen LogP contribution in [0.5, 0.6) is 0 Å². The second-order valence-electron chi connectivity index (χ2n) is 4.41. The van der Waals surface area contributed by atoms with Gasteiger partial charge in [0.05, 0.1) is 10.9 Å². The average molecular weight is 310 g/mol. The second kappa shape index (κ2) is 6.94. The highest BCUT2D eigenvalue weighted by Gasteiger charge is 2.23. The van der Waals surface area contributed by atoms with Gasteiger partial charge in [0.2, 0.25) is 10.0 Å². The number of nitrogens with one attached hydrogen (secondary N) is 2. The summed E-state index contributed by atoms with van der Waals surface area (Å²) >= 11 is 0. The minimum Gasteiger partial charge on any atom is -0.315 e. The molecule has 0 aliphatic heterocycles. The first kappa shape index (κ1) is 16.8. The van der Waals surface area contributed by atoms with Crippen LogP contribution in [-0.2, 0) is 10.0 Å². The van der Waals surface area contributed by atoms with Crippen molar-refractivity contribution in [2.45, 2.75) is 25.5 Å². The molecule has 1 aromatic rings. The van der Waals surface area contributed by atoms with Crippen LogP contribution in [0.1, 0.15) is 20.3 Å². The number of sulfonamides is 1. The summed E-state index contributed by atoms with van der Waals surface area (Å²) < 4.78 is 65.1. The van der Waals surface area contributed by atoms with Gasteiger partial charge in [0.25, 0.3) is 0 Å². The zero-order valence-electron chi connectivity index (χ0n) is 11.2. The quantitative estimate of drug-likeness (QED) is 0.600. The molecule has 8 heteroatoms. The van der Waals surface area contributed by atoms with Gasteiger partial charge in [-0.25, -0.2) is 21.6 Å². The molecule has 0 aliphatic carbocycles. The lowest BCUT2D eigenvalue weighted by Crippen LogP contribution is -2.35. The highest BCUT2D eigenvalue weighted by atomic mass is 32.2. The minimum absolute atomic E-state index is 0.155. The van der Waals surface area contributed by atoms with Gasteiger partial charge in [0.15, 0.2) is 11.6 Å². The van der Waals surface area contributed by atoms with Crippen LogP contribution in [0.4, 0.5) is 18.9 Å². The number of halogens is 3. The van der Waals surface area contributed by atoms with E-state index in [2.05, 4.69) is 5.32 Å². The summed E-state index contributed by atoms with van der Waals surface area (Å²) in [7, 11) is -3.94. The third kappa shape index (κ3) is 4.38. The van der Waals surface area contributed by atoms with Crippen LogP contribution < -0.4 is 10.0 Å². The van der Waals surface area contributed by atoms with Gasteiger partial charge < -0.3 is 5.32 Å². The van der Waals surface area contributed by atoms with Crippen molar-refractivity contribution in [2.75, 3.05) is 17.8 Å². The number of hydrogen-bond acceptors (Lipinski definition) is 3. The van der Waals surface area contributed by atoms with E-state index in [1.165, 1.54) is 6.92 Å². The monoisotopic (exact) mass is 310 g/mol. The van der Waals surface area contributed by atoms with E-state index < -0.39 is 38.4 Å². The summed E-state index contributed by atoms with van der Waals surface area (Å²) in [5.41, 5.74) is -0.732. The fraction of sp³-hybridized carbons (Fsp3) is 0.500. The Morgan fingerprint density at radius 2 is 1.90 bits per heavy atom. The summed E-state index contributed by atoms with van der Waals surface area (Å²) in [6.07, 6.45) is 0.837. The standard InChI is InChI=1S/C12H17F3N2O2S/c1-3-4-16-7-8(2)20(18,19)17-11-6-9(13)5-10(14)12(11)15/h5-6,8,16-17H,3-4,7H2,1-2H3. The molecular weight excluding hydrogens is 293 g/mol. The zero-order valence-corrected chi connectivity index (χ0v) is 12.0. The fourth-order valence-electron chi connectivity index (χ4n) is 1.48. The predicted molar refractivity (Wildman–Crippen MR) is 71.5 cm³/mol. The van der Waals surface area contributed by atoms with E-state index in [-0.39, 0.29) is 6.54 Å². The predicted octanol–water partition coefficient (Wildman–Crippen LogP) is 2.23. The summed E-state index contributed by atoms with van der Waals surface area (Å²) in [6, 6.07) is 0.946. The lowest BCUT2D eigenvalue weighted by molar-refractivity contribution is 0.498. The molecule has 0 saturated carbocycles. The number of anilines is 1. The van der Waals surface area contributed by atoms with Gasteiger partial charge in [-0.1, -0.05) is 6.92 Å². The Morgan fingerprint density at radius 3 is 2.50 bits per heavy atom. The first-order valence-electron chi connectivity index (χ1n) is 6.14. The third-order valence-corrected chi connectivity index (χ3v) is 4.36. The fourth-order valence-corrected chi connectivity index (χ4v) is 2.47. The lowest BCUT2D eigenvalue weighted by atomic mass is 10.3. The van der Waals surface area contributed by atoms with Crippen LogP contribution >= 0.6 is 0 Å². The van der Waals surface area contributed by atoms with E-state index in [4.69, 9.17) is 0 Å². The van der Waals surface area contributed by atoms with Crippen LogP contribution in [-0.4, -0.2) is 26.8 Å². The molecule has 0 amide bonds. The van der Waals surface area contributed by atoms with E-state index in [0.717, 1.165) is 6.42 Å². The lowest BCUT2D eigenvalue weighted by Gasteiger charge is -2.16. The smallest absolute Gasteiger partial charge is 0.236 e. The van der Waals surface area contributed by atoms with Gasteiger partial charge in [0.1, 0.15) is 5.82 Å². The Balaban J connectivity index is 2.86.